The summed E-state index contributed by atoms with van der Waals surface area (Å²) in [5.41, 5.74) is 0.473. The van der Waals surface area contributed by atoms with Crippen LogP contribution in [0.3, 0.4) is 0 Å². The summed E-state index contributed by atoms with van der Waals surface area (Å²) in [5.74, 6) is 0.798. The average Bonchev–Trinajstić information content (AvgIpc) is 2.88. The van der Waals surface area contributed by atoms with Crippen LogP contribution in [0.4, 0.5) is 0 Å². The Morgan fingerprint density at radius 1 is 1.42 bits per heavy atom. The summed E-state index contributed by atoms with van der Waals surface area (Å²) in [4.78, 5) is 8.09. The van der Waals surface area contributed by atoms with Gasteiger partial charge in [-0.15, -0.1) is 0 Å². The van der Waals surface area contributed by atoms with E-state index in [9.17, 15) is 5.11 Å². The van der Waals surface area contributed by atoms with E-state index in [-0.39, 0.29) is 17.7 Å². The number of pyridine rings is 1. The van der Waals surface area contributed by atoms with E-state index in [0.717, 1.165) is 12.8 Å². The first-order valence-corrected chi connectivity index (χ1v) is 6.34. The topological polar surface area (TPSA) is 81.3 Å². The van der Waals surface area contributed by atoms with Crippen LogP contribution in [0.2, 0.25) is 0 Å². The maximum atomic E-state index is 9.70. The second kappa shape index (κ2) is 6.29. The standard InChI is InChI=1S/C13H17N3O3/c1-3-5-11(18-4-2)12-15-13(19-16-12)9-6-7-14-8-10(9)17/h6-8,11,17H,3-5H2,1-2H3. The van der Waals surface area contributed by atoms with E-state index in [0.29, 0.717) is 18.0 Å². The molecule has 2 aromatic heterocycles. The Labute approximate surface area is 111 Å². The summed E-state index contributed by atoms with van der Waals surface area (Å²) in [7, 11) is 0. The second-order valence-electron chi connectivity index (χ2n) is 4.08. The van der Waals surface area contributed by atoms with Crippen molar-refractivity contribution in [1.29, 1.82) is 0 Å². The van der Waals surface area contributed by atoms with E-state index in [1.54, 1.807) is 12.3 Å². The number of rotatable bonds is 6. The van der Waals surface area contributed by atoms with Crippen molar-refractivity contribution in [2.24, 2.45) is 0 Å². The van der Waals surface area contributed by atoms with Crippen LogP contribution in [-0.2, 0) is 4.74 Å². The second-order valence-corrected chi connectivity index (χ2v) is 4.08. The lowest BCUT2D eigenvalue weighted by Crippen LogP contribution is -2.05. The van der Waals surface area contributed by atoms with Gasteiger partial charge in [0.25, 0.3) is 5.89 Å². The molecule has 1 N–H and O–H groups in total. The summed E-state index contributed by atoms with van der Waals surface area (Å²) in [5, 5.41) is 13.6. The number of ether oxygens (including phenoxy) is 1. The number of aromatic nitrogens is 3. The molecule has 0 saturated carbocycles. The first kappa shape index (κ1) is 13.5. The molecule has 102 valence electrons. The van der Waals surface area contributed by atoms with Gasteiger partial charge in [0.05, 0.1) is 11.8 Å². The van der Waals surface area contributed by atoms with Gasteiger partial charge < -0.3 is 14.4 Å². The van der Waals surface area contributed by atoms with Gasteiger partial charge in [-0.05, 0) is 19.4 Å². The minimum absolute atomic E-state index is 0.0150. The van der Waals surface area contributed by atoms with Crippen molar-refractivity contribution >= 4 is 0 Å². The summed E-state index contributed by atoms with van der Waals surface area (Å²) >= 11 is 0. The van der Waals surface area contributed by atoms with Gasteiger partial charge in [-0.25, -0.2) is 0 Å². The van der Waals surface area contributed by atoms with Crippen molar-refractivity contribution in [3.05, 3.63) is 24.3 Å². The molecule has 0 aliphatic heterocycles. The van der Waals surface area contributed by atoms with Crippen LogP contribution in [0.5, 0.6) is 5.75 Å². The zero-order valence-corrected chi connectivity index (χ0v) is 11.0. The quantitative estimate of drug-likeness (QED) is 0.863. The molecule has 0 spiro atoms. The summed E-state index contributed by atoms with van der Waals surface area (Å²) in [6, 6.07) is 1.63. The van der Waals surface area contributed by atoms with Gasteiger partial charge in [-0.3, -0.25) is 4.98 Å². The molecule has 0 aromatic carbocycles. The van der Waals surface area contributed by atoms with Crippen LogP contribution in [0.1, 0.15) is 38.6 Å². The molecule has 2 rings (SSSR count). The third-order valence-electron chi connectivity index (χ3n) is 2.68. The van der Waals surface area contributed by atoms with Gasteiger partial charge in [0, 0.05) is 12.8 Å². The molecule has 1 unspecified atom stereocenters. The fraction of sp³-hybridized carbons (Fsp3) is 0.462. The first-order valence-electron chi connectivity index (χ1n) is 6.34. The van der Waals surface area contributed by atoms with Crippen LogP contribution in [0.15, 0.2) is 23.0 Å². The van der Waals surface area contributed by atoms with Gasteiger partial charge in [-0.2, -0.15) is 4.98 Å². The van der Waals surface area contributed by atoms with Crippen LogP contribution >= 0.6 is 0 Å². The molecule has 1 atom stereocenters. The maximum absolute atomic E-state index is 9.70. The SMILES string of the molecule is CCCC(OCC)c1noc(-c2ccncc2O)n1. The molecule has 0 amide bonds. The van der Waals surface area contributed by atoms with Gasteiger partial charge in [0.1, 0.15) is 11.9 Å². The Balaban J connectivity index is 2.25. The summed E-state index contributed by atoms with van der Waals surface area (Å²) < 4.78 is 10.8. The smallest absolute Gasteiger partial charge is 0.261 e. The molecular formula is C13H17N3O3. The Bertz CT molecular complexity index is 521. The molecule has 0 aliphatic carbocycles. The fourth-order valence-corrected chi connectivity index (χ4v) is 1.79. The number of aromatic hydroxyl groups is 1. The first-order chi connectivity index (χ1) is 9.26. The highest BCUT2D eigenvalue weighted by Gasteiger charge is 2.19. The van der Waals surface area contributed by atoms with Gasteiger partial charge >= 0.3 is 0 Å². The van der Waals surface area contributed by atoms with E-state index in [1.807, 2.05) is 6.92 Å². The van der Waals surface area contributed by atoms with Crippen molar-refractivity contribution in [1.82, 2.24) is 15.1 Å². The highest BCUT2D eigenvalue weighted by Crippen LogP contribution is 2.28. The van der Waals surface area contributed by atoms with Crippen LogP contribution in [0.25, 0.3) is 11.5 Å². The van der Waals surface area contributed by atoms with E-state index >= 15 is 0 Å². The molecule has 6 nitrogen and oxygen atoms in total. The average molecular weight is 263 g/mol. The Morgan fingerprint density at radius 2 is 2.26 bits per heavy atom. The van der Waals surface area contributed by atoms with Crippen LogP contribution in [0, 0.1) is 0 Å². The minimum Gasteiger partial charge on any atom is -0.505 e. The number of nitrogens with zero attached hydrogens (tertiary/aromatic N) is 3. The van der Waals surface area contributed by atoms with Crippen LogP contribution < -0.4 is 0 Å². The molecular weight excluding hydrogens is 246 g/mol. The Kier molecular flexibility index (Phi) is 4.46. The van der Waals surface area contributed by atoms with Crippen molar-refractivity contribution in [3.8, 4) is 17.2 Å². The number of hydrogen-bond acceptors (Lipinski definition) is 6. The minimum atomic E-state index is -0.170. The van der Waals surface area contributed by atoms with Crippen molar-refractivity contribution in [3.63, 3.8) is 0 Å². The zero-order chi connectivity index (χ0) is 13.7. The van der Waals surface area contributed by atoms with E-state index in [2.05, 4.69) is 22.0 Å². The predicted octanol–water partition coefficient (Wildman–Crippen LogP) is 2.71. The molecule has 2 aromatic rings. The molecule has 2 heterocycles. The molecule has 0 aliphatic rings. The molecule has 19 heavy (non-hydrogen) atoms. The summed E-state index contributed by atoms with van der Waals surface area (Å²) in [6.45, 7) is 4.59. The highest BCUT2D eigenvalue weighted by atomic mass is 16.5. The predicted molar refractivity (Wildman–Crippen MR) is 68.5 cm³/mol. The lowest BCUT2D eigenvalue weighted by atomic mass is 10.2. The Hall–Kier alpha value is -1.95. The normalized spacial score (nSPS) is 12.5. The molecule has 0 radical (unpaired) electrons. The highest BCUT2D eigenvalue weighted by molar-refractivity contribution is 5.60. The monoisotopic (exact) mass is 263 g/mol. The zero-order valence-electron chi connectivity index (χ0n) is 11.0. The van der Waals surface area contributed by atoms with Gasteiger partial charge in [0.15, 0.2) is 0 Å². The molecule has 6 heteroatoms. The molecule has 0 fully saturated rings. The van der Waals surface area contributed by atoms with E-state index < -0.39 is 0 Å². The van der Waals surface area contributed by atoms with Crippen molar-refractivity contribution in [2.45, 2.75) is 32.8 Å². The lowest BCUT2D eigenvalue weighted by Gasteiger charge is -2.11. The number of hydrogen-bond donors (Lipinski definition) is 1. The summed E-state index contributed by atoms with van der Waals surface area (Å²) in [6.07, 6.45) is 4.52. The largest absolute Gasteiger partial charge is 0.505 e. The van der Waals surface area contributed by atoms with Crippen molar-refractivity contribution in [2.75, 3.05) is 6.61 Å². The van der Waals surface area contributed by atoms with Crippen LogP contribution in [-0.4, -0.2) is 26.8 Å². The van der Waals surface area contributed by atoms with Gasteiger partial charge in [-0.1, -0.05) is 18.5 Å². The Morgan fingerprint density at radius 3 is 2.95 bits per heavy atom. The molecule has 0 saturated heterocycles. The molecule has 0 bridgehead atoms. The van der Waals surface area contributed by atoms with E-state index in [1.165, 1.54) is 6.20 Å². The third kappa shape index (κ3) is 3.08. The third-order valence-corrected chi connectivity index (χ3v) is 2.68. The fourth-order valence-electron chi connectivity index (χ4n) is 1.79. The van der Waals surface area contributed by atoms with E-state index in [4.69, 9.17) is 9.26 Å². The van der Waals surface area contributed by atoms with Gasteiger partial charge in [0.2, 0.25) is 5.82 Å². The maximum Gasteiger partial charge on any atom is 0.261 e. The lowest BCUT2D eigenvalue weighted by molar-refractivity contribution is 0.0478. The van der Waals surface area contributed by atoms with Crippen molar-refractivity contribution < 1.29 is 14.4 Å².